The fourth-order valence-electron chi connectivity index (χ4n) is 8.42. The summed E-state index contributed by atoms with van der Waals surface area (Å²) in [6, 6.07) is 57.7. The molecule has 11 aromatic rings. The van der Waals surface area contributed by atoms with E-state index in [9.17, 15) is 0 Å². The van der Waals surface area contributed by atoms with E-state index in [-0.39, 0.29) is 0 Å². The van der Waals surface area contributed by atoms with Crippen LogP contribution < -0.4 is 0 Å². The van der Waals surface area contributed by atoms with Gasteiger partial charge >= 0.3 is 0 Å². The zero-order valence-electron chi connectivity index (χ0n) is 27.4. The van der Waals surface area contributed by atoms with Crippen LogP contribution in [0.4, 0.5) is 0 Å². The molecule has 0 aliphatic rings. The molecule has 0 saturated carbocycles. The highest BCUT2D eigenvalue weighted by atomic mass is 32.1. The molecule has 0 saturated heterocycles. The molecule has 11 rings (SSSR count). The number of rotatable bonds is 4. The van der Waals surface area contributed by atoms with Gasteiger partial charge in [-0.2, -0.15) is 0 Å². The first-order valence-electron chi connectivity index (χ1n) is 17.2. The van der Waals surface area contributed by atoms with Gasteiger partial charge in [0.15, 0.2) is 0 Å². The number of benzene rings is 8. The molecule has 0 N–H and O–H groups in total. The predicted molar refractivity (Wildman–Crippen MR) is 221 cm³/mol. The molecule has 8 aromatic carbocycles. The first-order valence-corrected chi connectivity index (χ1v) is 19.0. The molecular weight excluding hydrogens is 657 g/mol. The van der Waals surface area contributed by atoms with Gasteiger partial charge in [-0.25, -0.2) is 0 Å². The molecule has 51 heavy (non-hydrogen) atoms. The molecule has 3 heteroatoms. The zero-order valence-corrected chi connectivity index (χ0v) is 29.0. The molecule has 0 amide bonds. The maximum absolute atomic E-state index is 6.66. The van der Waals surface area contributed by atoms with Crippen molar-refractivity contribution in [1.82, 2.24) is 0 Å². The quantitative estimate of drug-likeness (QED) is 0.168. The van der Waals surface area contributed by atoms with Crippen molar-refractivity contribution in [3.8, 4) is 43.1 Å². The molecule has 0 aliphatic carbocycles. The van der Waals surface area contributed by atoms with E-state index in [2.05, 4.69) is 168 Å². The highest BCUT2D eigenvalue weighted by Gasteiger charge is 2.22. The van der Waals surface area contributed by atoms with E-state index >= 15 is 0 Å². The number of thiophene rings is 2. The summed E-state index contributed by atoms with van der Waals surface area (Å²) in [6.45, 7) is 0. The molecule has 3 aromatic heterocycles. The Hall–Kier alpha value is -6.00. The van der Waals surface area contributed by atoms with Crippen LogP contribution in [0.3, 0.4) is 0 Å². The Kier molecular flexibility index (Phi) is 6.36. The van der Waals surface area contributed by atoms with Gasteiger partial charge in [-0.15, -0.1) is 22.7 Å². The molecule has 0 unspecified atom stereocenters. The van der Waals surface area contributed by atoms with Crippen LogP contribution >= 0.6 is 22.7 Å². The van der Waals surface area contributed by atoms with Crippen molar-refractivity contribution in [2.75, 3.05) is 0 Å². The lowest BCUT2D eigenvalue weighted by atomic mass is 9.86. The van der Waals surface area contributed by atoms with Crippen LogP contribution in [0.15, 0.2) is 173 Å². The van der Waals surface area contributed by atoms with Crippen LogP contribution in [-0.2, 0) is 0 Å². The summed E-state index contributed by atoms with van der Waals surface area (Å²) in [6.07, 6.45) is 0. The fourth-order valence-corrected chi connectivity index (χ4v) is 10.0. The molecule has 1 nitrogen and oxygen atoms in total. The van der Waals surface area contributed by atoms with Gasteiger partial charge in [-0.05, 0) is 106 Å². The van der Waals surface area contributed by atoms with Crippen molar-refractivity contribution in [1.29, 1.82) is 0 Å². The summed E-state index contributed by atoms with van der Waals surface area (Å²) < 4.78 is 6.66. The van der Waals surface area contributed by atoms with E-state index < -0.39 is 0 Å². The minimum Gasteiger partial charge on any atom is -0.456 e. The van der Waals surface area contributed by atoms with E-state index in [1.807, 2.05) is 0 Å². The molecule has 0 bridgehead atoms. The summed E-state index contributed by atoms with van der Waals surface area (Å²) in [4.78, 5) is 2.58. The number of furan rings is 1. The highest BCUT2D eigenvalue weighted by molar-refractivity contribution is 7.14. The third-order valence-electron chi connectivity index (χ3n) is 10.5. The summed E-state index contributed by atoms with van der Waals surface area (Å²) in [7, 11) is 0. The van der Waals surface area contributed by atoms with Crippen molar-refractivity contribution in [2.24, 2.45) is 0 Å². The molecule has 0 radical (unpaired) electrons. The largest absolute Gasteiger partial charge is 0.456 e. The molecule has 0 fully saturated rings. The van der Waals surface area contributed by atoms with E-state index in [4.69, 9.17) is 4.42 Å². The van der Waals surface area contributed by atoms with Crippen molar-refractivity contribution < 1.29 is 4.42 Å². The van der Waals surface area contributed by atoms with Crippen LogP contribution in [-0.4, -0.2) is 0 Å². The molecular formula is C48H28OS2. The van der Waals surface area contributed by atoms with Gasteiger partial charge in [0.2, 0.25) is 0 Å². The van der Waals surface area contributed by atoms with Crippen molar-refractivity contribution in [3.05, 3.63) is 168 Å². The van der Waals surface area contributed by atoms with Gasteiger partial charge in [-0.3, -0.25) is 0 Å². The third-order valence-corrected chi connectivity index (χ3v) is 12.2. The number of hydrogen-bond acceptors (Lipinski definition) is 3. The Labute approximate surface area is 302 Å². The third kappa shape index (κ3) is 4.26. The second kappa shape index (κ2) is 11.3. The SMILES string of the molecule is c1csc(-c2c3ccccc3c(-c3ccc4oc5cccc(-c6c7ccccc7c(-c7cccs7)c7ccccc67)c5c4c3)c3ccccc23)c1. The first kappa shape index (κ1) is 28.8. The van der Waals surface area contributed by atoms with Gasteiger partial charge in [0.25, 0.3) is 0 Å². The van der Waals surface area contributed by atoms with Gasteiger partial charge < -0.3 is 4.42 Å². The molecule has 0 spiro atoms. The van der Waals surface area contributed by atoms with Crippen LogP contribution in [0, 0.1) is 0 Å². The van der Waals surface area contributed by atoms with E-state index in [0.29, 0.717) is 0 Å². The van der Waals surface area contributed by atoms with Gasteiger partial charge in [0.1, 0.15) is 11.2 Å². The fraction of sp³-hybridized carbons (Fsp3) is 0. The average molecular weight is 685 g/mol. The van der Waals surface area contributed by atoms with E-state index in [1.165, 1.54) is 86.2 Å². The Balaban J connectivity index is 1.24. The van der Waals surface area contributed by atoms with Crippen LogP contribution in [0.5, 0.6) is 0 Å². The molecule has 3 heterocycles. The lowest BCUT2D eigenvalue weighted by Crippen LogP contribution is -1.90. The summed E-state index contributed by atoms with van der Waals surface area (Å²) in [5.41, 5.74) is 9.29. The van der Waals surface area contributed by atoms with Crippen LogP contribution in [0.1, 0.15) is 0 Å². The summed E-state index contributed by atoms with van der Waals surface area (Å²) in [5.74, 6) is 0. The van der Waals surface area contributed by atoms with Gasteiger partial charge in [-0.1, -0.05) is 127 Å². The maximum Gasteiger partial charge on any atom is 0.136 e. The van der Waals surface area contributed by atoms with Crippen molar-refractivity contribution in [2.45, 2.75) is 0 Å². The smallest absolute Gasteiger partial charge is 0.136 e. The lowest BCUT2D eigenvalue weighted by molar-refractivity contribution is 0.669. The second-order valence-electron chi connectivity index (χ2n) is 13.1. The Morgan fingerprint density at radius 1 is 0.333 bits per heavy atom. The van der Waals surface area contributed by atoms with Crippen molar-refractivity contribution >= 4 is 87.7 Å². The minimum atomic E-state index is 0.897. The molecule has 0 aliphatic heterocycles. The number of hydrogen-bond donors (Lipinski definition) is 0. The van der Waals surface area contributed by atoms with Crippen molar-refractivity contribution in [3.63, 3.8) is 0 Å². The monoisotopic (exact) mass is 684 g/mol. The highest BCUT2D eigenvalue weighted by Crippen LogP contribution is 2.49. The summed E-state index contributed by atoms with van der Waals surface area (Å²) >= 11 is 3.60. The zero-order chi connectivity index (χ0) is 33.5. The normalized spacial score (nSPS) is 11.9. The van der Waals surface area contributed by atoms with Gasteiger partial charge in [0.05, 0.1) is 0 Å². The topological polar surface area (TPSA) is 13.1 Å². The van der Waals surface area contributed by atoms with Crippen LogP contribution in [0.25, 0.3) is 108 Å². The second-order valence-corrected chi connectivity index (χ2v) is 15.0. The predicted octanol–water partition coefficient (Wildman–Crippen LogP) is 15.0. The maximum atomic E-state index is 6.66. The Morgan fingerprint density at radius 2 is 0.804 bits per heavy atom. The van der Waals surface area contributed by atoms with Gasteiger partial charge in [0, 0.05) is 31.7 Å². The van der Waals surface area contributed by atoms with Crippen LogP contribution in [0.2, 0.25) is 0 Å². The average Bonchev–Trinajstić information content (AvgIpc) is 3.98. The Morgan fingerprint density at radius 3 is 1.27 bits per heavy atom. The Bertz CT molecular complexity index is 3010. The lowest BCUT2D eigenvalue weighted by Gasteiger charge is -2.18. The van der Waals surface area contributed by atoms with E-state index in [0.717, 1.165) is 21.9 Å². The molecule has 0 atom stereocenters. The number of fused-ring (bicyclic) bond motifs is 7. The first-order chi connectivity index (χ1) is 25.3. The standard InChI is InChI=1S/C48H28OS2/c1-5-16-34-30(12-1)44(31-13-2-6-17-35(31)47(34)42-22-10-26-50-42)29-24-25-40-39(28-29)46-38(20-9-21-41(46)49-40)45-32-14-3-7-18-36(32)48(43-23-11-27-51-43)37-19-8-4-15-33(37)45/h1-28H. The summed E-state index contributed by atoms with van der Waals surface area (Å²) in [5, 5.41) is 16.7. The van der Waals surface area contributed by atoms with E-state index in [1.54, 1.807) is 22.7 Å². The molecule has 238 valence electrons. The minimum absolute atomic E-state index is 0.897.